The minimum atomic E-state index is -1.39. The maximum Gasteiger partial charge on any atom is 0.344 e. The molecule has 0 bridgehead atoms. The number of benzene rings is 1. The maximum absolute atomic E-state index is 12.6. The lowest BCUT2D eigenvalue weighted by Crippen LogP contribution is -2.49. The van der Waals surface area contributed by atoms with Crippen molar-refractivity contribution in [2.24, 2.45) is 0 Å². The van der Waals surface area contributed by atoms with Gasteiger partial charge in [0.25, 0.3) is 11.8 Å². The molecule has 2 N–H and O–H groups in total. The van der Waals surface area contributed by atoms with E-state index in [-0.39, 0.29) is 12.4 Å². The van der Waals surface area contributed by atoms with Crippen molar-refractivity contribution in [3.63, 3.8) is 0 Å². The van der Waals surface area contributed by atoms with Gasteiger partial charge in [0.15, 0.2) is 12.1 Å². The first-order valence-electron chi connectivity index (χ1n) is 8.12. The molecule has 4 amide bonds. The fourth-order valence-corrected chi connectivity index (χ4v) is 3.22. The number of furan rings is 1. The van der Waals surface area contributed by atoms with Gasteiger partial charge >= 0.3 is 6.03 Å². The predicted octanol–water partition coefficient (Wildman–Crippen LogP) is 2.43. The number of halogens is 1. The van der Waals surface area contributed by atoms with E-state index < -0.39 is 23.4 Å². The van der Waals surface area contributed by atoms with Gasteiger partial charge in [-0.15, -0.1) is 0 Å². The van der Waals surface area contributed by atoms with Crippen LogP contribution in [0.2, 0.25) is 5.02 Å². The summed E-state index contributed by atoms with van der Waals surface area (Å²) in [6.07, 6.45) is 1.39. The Bertz CT molecular complexity index is 889. The Morgan fingerprint density at radius 2 is 2.00 bits per heavy atom. The summed E-state index contributed by atoms with van der Waals surface area (Å²) in [5, 5.41) is 3.70. The molecule has 142 valence electrons. The highest BCUT2D eigenvalue weighted by Gasteiger charge is 2.52. The summed E-state index contributed by atoms with van der Waals surface area (Å²) in [6.45, 7) is 4.73. The molecule has 1 aliphatic rings. The third-order valence-electron chi connectivity index (χ3n) is 4.21. The van der Waals surface area contributed by atoms with Gasteiger partial charge in [-0.2, -0.15) is 5.01 Å². The summed E-state index contributed by atoms with van der Waals surface area (Å²) in [6, 6.07) is 5.85. The Kier molecular flexibility index (Phi) is 4.84. The van der Waals surface area contributed by atoms with Gasteiger partial charge in [-0.1, -0.05) is 11.6 Å². The van der Waals surface area contributed by atoms with Crippen molar-refractivity contribution in [1.82, 2.24) is 15.8 Å². The standard InChI is InChI=1S/C18H18ClN3O5/c1-10-7-12(19)8-11(2)15(10)27-9-14(23)21-22-16(24)18(3,20-17(22)25)13-5-4-6-26-13/h4-8H,9H2,1-3H3,(H,20,25)(H,21,23)/t18-/m1/s1. The van der Waals surface area contributed by atoms with Crippen LogP contribution in [-0.2, 0) is 15.1 Å². The Morgan fingerprint density at radius 3 is 2.59 bits per heavy atom. The van der Waals surface area contributed by atoms with Gasteiger partial charge in [-0.25, -0.2) is 4.79 Å². The van der Waals surface area contributed by atoms with Crippen LogP contribution in [0.25, 0.3) is 0 Å². The van der Waals surface area contributed by atoms with Crippen molar-refractivity contribution in [3.8, 4) is 5.75 Å². The Labute approximate surface area is 160 Å². The van der Waals surface area contributed by atoms with E-state index in [1.807, 2.05) is 0 Å². The molecule has 1 atom stereocenters. The number of ether oxygens (including phenoxy) is 1. The summed E-state index contributed by atoms with van der Waals surface area (Å²) in [5.41, 5.74) is 2.41. The summed E-state index contributed by atoms with van der Waals surface area (Å²) in [4.78, 5) is 36.9. The molecule has 1 aliphatic heterocycles. The number of rotatable bonds is 5. The van der Waals surface area contributed by atoms with Crippen molar-refractivity contribution in [3.05, 3.63) is 52.4 Å². The molecule has 2 aromatic rings. The summed E-state index contributed by atoms with van der Waals surface area (Å²) in [5.74, 6) is -0.529. The number of carbonyl (C=O) groups excluding carboxylic acids is 3. The number of urea groups is 1. The van der Waals surface area contributed by atoms with Gasteiger partial charge in [-0.3, -0.25) is 15.0 Å². The van der Waals surface area contributed by atoms with E-state index in [0.29, 0.717) is 15.8 Å². The van der Waals surface area contributed by atoms with Crippen LogP contribution in [0.4, 0.5) is 4.79 Å². The molecule has 3 rings (SSSR count). The quantitative estimate of drug-likeness (QED) is 0.762. The van der Waals surface area contributed by atoms with Crippen LogP contribution in [0.1, 0.15) is 23.8 Å². The number of hydrogen-bond donors (Lipinski definition) is 2. The second-order valence-corrected chi connectivity index (χ2v) is 6.80. The summed E-state index contributed by atoms with van der Waals surface area (Å²) >= 11 is 5.97. The SMILES string of the molecule is Cc1cc(Cl)cc(C)c1OCC(=O)NN1C(=O)N[C@](C)(c2ccco2)C1=O. The number of carbonyl (C=O) groups is 3. The third kappa shape index (κ3) is 3.48. The van der Waals surface area contributed by atoms with Gasteiger partial charge in [0.1, 0.15) is 11.5 Å². The van der Waals surface area contributed by atoms with Crippen LogP contribution in [0.15, 0.2) is 34.9 Å². The Hall–Kier alpha value is -3.00. The van der Waals surface area contributed by atoms with Gasteiger partial charge in [0.2, 0.25) is 0 Å². The first kappa shape index (κ1) is 18.8. The Morgan fingerprint density at radius 1 is 1.33 bits per heavy atom. The van der Waals surface area contributed by atoms with E-state index >= 15 is 0 Å². The average Bonchev–Trinajstić information content (AvgIpc) is 3.18. The second-order valence-electron chi connectivity index (χ2n) is 6.37. The van der Waals surface area contributed by atoms with Gasteiger partial charge < -0.3 is 14.5 Å². The molecular formula is C18H18ClN3O5. The van der Waals surface area contributed by atoms with Crippen LogP contribution in [0, 0.1) is 13.8 Å². The molecule has 2 heterocycles. The fraction of sp³-hybridized carbons (Fsp3) is 0.278. The first-order chi connectivity index (χ1) is 12.7. The molecular weight excluding hydrogens is 374 g/mol. The van der Waals surface area contributed by atoms with E-state index in [0.717, 1.165) is 11.1 Å². The molecule has 9 heteroatoms. The smallest absolute Gasteiger partial charge is 0.344 e. The second kappa shape index (κ2) is 6.96. The average molecular weight is 392 g/mol. The van der Waals surface area contributed by atoms with Crippen LogP contribution in [-0.4, -0.2) is 29.5 Å². The number of hydrogen-bond acceptors (Lipinski definition) is 5. The lowest BCUT2D eigenvalue weighted by Gasteiger charge is -2.19. The number of amides is 4. The van der Waals surface area contributed by atoms with E-state index in [1.165, 1.54) is 13.2 Å². The lowest BCUT2D eigenvalue weighted by molar-refractivity contribution is -0.140. The van der Waals surface area contributed by atoms with Crippen LogP contribution >= 0.6 is 11.6 Å². The van der Waals surface area contributed by atoms with Crippen molar-refractivity contribution in [2.45, 2.75) is 26.3 Å². The number of imide groups is 1. The summed E-state index contributed by atoms with van der Waals surface area (Å²) in [7, 11) is 0. The van der Waals surface area contributed by atoms with Gasteiger partial charge in [-0.05, 0) is 56.2 Å². The molecule has 1 aromatic heterocycles. The summed E-state index contributed by atoms with van der Waals surface area (Å²) < 4.78 is 10.8. The molecule has 0 spiro atoms. The fourth-order valence-electron chi connectivity index (χ4n) is 2.89. The molecule has 0 aliphatic carbocycles. The van der Waals surface area contributed by atoms with Crippen LogP contribution in [0.5, 0.6) is 5.75 Å². The third-order valence-corrected chi connectivity index (χ3v) is 4.43. The highest BCUT2D eigenvalue weighted by atomic mass is 35.5. The zero-order valence-electron chi connectivity index (χ0n) is 15.0. The normalized spacial score (nSPS) is 19.2. The highest BCUT2D eigenvalue weighted by molar-refractivity contribution is 6.30. The number of nitrogens with one attached hydrogen (secondary N) is 2. The Balaban J connectivity index is 1.66. The number of hydrazine groups is 1. The number of nitrogens with zero attached hydrogens (tertiary/aromatic N) is 1. The largest absolute Gasteiger partial charge is 0.483 e. The van der Waals surface area contributed by atoms with Crippen molar-refractivity contribution in [2.75, 3.05) is 6.61 Å². The zero-order valence-corrected chi connectivity index (χ0v) is 15.7. The van der Waals surface area contributed by atoms with E-state index in [2.05, 4.69) is 10.7 Å². The molecule has 27 heavy (non-hydrogen) atoms. The topological polar surface area (TPSA) is 101 Å². The molecule has 0 saturated carbocycles. The minimum absolute atomic E-state index is 0.265. The highest BCUT2D eigenvalue weighted by Crippen LogP contribution is 2.29. The minimum Gasteiger partial charge on any atom is -0.483 e. The monoisotopic (exact) mass is 391 g/mol. The molecule has 0 unspecified atom stereocenters. The molecule has 0 radical (unpaired) electrons. The molecule has 1 aromatic carbocycles. The molecule has 8 nitrogen and oxygen atoms in total. The van der Waals surface area contributed by atoms with E-state index in [1.54, 1.807) is 38.1 Å². The molecule has 1 saturated heterocycles. The van der Waals surface area contributed by atoms with Gasteiger partial charge in [0, 0.05) is 5.02 Å². The maximum atomic E-state index is 12.6. The van der Waals surface area contributed by atoms with Crippen molar-refractivity contribution in [1.29, 1.82) is 0 Å². The van der Waals surface area contributed by atoms with Crippen molar-refractivity contribution < 1.29 is 23.5 Å². The van der Waals surface area contributed by atoms with Crippen molar-refractivity contribution >= 4 is 29.4 Å². The van der Waals surface area contributed by atoms with E-state index in [4.69, 9.17) is 20.8 Å². The predicted molar refractivity (Wildman–Crippen MR) is 96.0 cm³/mol. The lowest BCUT2D eigenvalue weighted by atomic mass is 10.00. The zero-order chi connectivity index (χ0) is 19.8. The van der Waals surface area contributed by atoms with Crippen LogP contribution in [0.3, 0.4) is 0 Å². The number of aryl methyl sites for hydroxylation is 2. The van der Waals surface area contributed by atoms with E-state index in [9.17, 15) is 14.4 Å². The molecule has 1 fully saturated rings. The van der Waals surface area contributed by atoms with Crippen LogP contribution < -0.4 is 15.5 Å². The first-order valence-corrected chi connectivity index (χ1v) is 8.50. The van der Waals surface area contributed by atoms with Gasteiger partial charge in [0.05, 0.1) is 6.26 Å².